The van der Waals surface area contributed by atoms with Crippen LogP contribution in [0, 0.1) is 0 Å². The molecule has 2 unspecified atom stereocenters. The lowest BCUT2D eigenvalue weighted by Gasteiger charge is -2.33. The van der Waals surface area contributed by atoms with Gasteiger partial charge in [0, 0.05) is 12.4 Å². The number of nitrogen functional groups attached to an aromatic ring is 1. The number of ether oxygens (including phenoxy) is 2. The van der Waals surface area contributed by atoms with Crippen molar-refractivity contribution in [3.05, 3.63) is 48.8 Å². The molecular weight excluding hydrogens is 612 g/mol. The number of fused-ring (bicyclic) bond motifs is 3. The van der Waals surface area contributed by atoms with Gasteiger partial charge in [-0.2, -0.15) is 9.97 Å². The monoisotopic (exact) mass is 645 g/mol. The number of nitrogens with zero attached hydrogens (tertiary/aromatic N) is 4. The number of esters is 1. The van der Waals surface area contributed by atoms with Crippen LogP contribution in [0.25, 0.3) is 21.9 Å². The second-order valence-electron chi connectivity index (χ2n) is 11.2. The number of aromatic nitrogens is 4. The average Bonchev–Trinajstić information content (AvgIpc) is 3.21. The molecule has 6 rings (SSSR count). The van der Waals surface area contributed by atoms with Crippen LogP contribution in [0.5, 0.6) is 5.75 Å². The van der Waals surface area contributed by atoms with Crippen molar-refractivity contribution in [2.24, 2.45) is 0 Å². The van der Waals surface area contributed by atoms with Gasteiger partial charge in [0.25, 0.3) is 0 Å². The van der Waals surface area contributed by atoms with Crippen LogP contribution in [-0.2, 0) is 30.6 Å². The number of halogens is 1. The highest BCUT2D eigenvalue weighted by Crippen LogP contribution is 2.66. The number of benzene rings is 2. The van der Waals surface area contributed by atoms with E-state index in [0.29, 0.717) is 17.1 Å². The molecule has 0 spiro atoms. The van der Waals surface area contributed by atoms with E-state index in [4.69, 9.17) is 36.1 Å². The predicted molar refractivity (Wildman–Crippen MR) is 165 cm³/mol. The summed E-state index contributed by atoms with van der Waals surface area (Å²) in [5, 5.41) is 19.2. The van der Waals surface area contributed by atoms with Crippen molar-refractivity contribution in [1.82, 2.24) is 24.6 Å². The first-order valence-electron chi connectivity index (χ1n) is 14.0. The van der Waals surface area contributed by atoms with E-state index < -0.39 is 48.4 Å². The molecule has 1 aliphatic carbocycles. The Morgan fingerprint density at radius 1 is 1.23 bits per heavy atom. The third kappa shape index (κ3) is 4.97. The van der Waals surface area contributed by atoms with Crippen molar-refractivity contribution in [3.63, 3.8) is 0 Å². The maximum absolute atomic E-state index is 16.7. The summed E-state index contributed by atoms with van der Waals surface area (Å²) in [5.41, 5.74) is 1.92. The van der Waals surface area contributed by atoms with Gasteiger partial charge in [0.15, 0.2) is 34.5 Å². The predicted octanol–water partition coefficient (Wildman–Crippen LogP) is 3.59. The van der Waals surface area contributed by atoms with Crippen LogP contribution in [0.15, 0.2) is 48.8 Å². The van der Waals surface area contributed by atoms with E-state index in [0.717, 1.165) is 10.8 Å². The number of hydrogen-bond acceptors (Lipinski definition) is 12. The lowest BCUT2D eigenvalue weighted by atomic mass is 9.97. The first-order valence-corrected chi connectivity index (χ1v) is 16.6. The zero-order valence-electron chi connectivity index (χ0n) is 24.6. The second kappa shape index (κ2) is 10.9. The van der Waals surface area contributed by atoms with E-state index >= 15 is 4.39 Å². The van der Waals surface area contributed by atoms with Gasteiger partial charge in [-0.15, -0.1) is 0 Å². The van der Waals surface area contributed by atoms with Gasteiger partial charge in [-0.05, 0) is 51.0 Å². The molecule has 1 saturated heterocycles. The number of alkyl halides is 1. The first-order chi connectivity index (χ1) is 20.8. The average molecular weight is 646 g/mol. The Labute approximate surface area is 257 Å². The SMILES string of the molecule is CNc1nc(N)nc2c1ncn2[C@@H]1O[C@@H]2C(OP(=S)(N[C@H](C)C(=O)OC(C)C)Oc3cccc4ccccc34)[C@]2(O)[C@@]1(C)F. The van der Waals surface area contributed by atoms with Crippen LogP contribution in [0.4, 0.5) is 16.2 Å². The first kappa shape index (κ1) is 30.6. The lowest BCUT2D eigenvalue weighted by molar-refractivity contribution is -0.149. The van der Waals surface area contributed by atoms with Gasteiger partial charge in [0.05, 0.1) is 12.4 Å². The quantitative estimate of drug-likeness (QED) is 0.146. The number of aliphatic hydroxyl groups is 1. The fourth-order valence-corrected chi connectivity index (χ4v) is 8.23. The number of imidazole rings is 1. The zero-order chi connectivity index (χ0) is 31.6. The molecule has 7 atom stereocenters. The number of nitrogens with two attached hydrogens (primary N) is 1. The molecule has 1 aliphatic heterocycles. The van der Waals surface area contributed by atoms with Crippen molar-refractivity contribution in [1.29, 1.82) is 0 Å². The Balaban J connectivity index is 1.30. The van der Waals surface area contributed by atoms with Crippen molar-refractivity contribution in [2.45, 2.75) is 69.5 Å². The Kier molecular flexibility index (Phi) is 7.54. The van der Waals surface area contributed by atoms with Gasteiger partial charge in [0.1, 0.15) is 24.0 Å². The van der Waals surface area contributed by atoms with E-state index in [1.807, 2.05) is 30.3 Å². The topological polar surface area (TPSA) is 168 Å². The van der Waals surface area contributed by atoms with Crippen LogP contribution in [0.2, 0.25) is 0 Å². The molecule has 3 heterocycles. The molecule has 2 aromatic carbocycles. The molecule has 16 heteroatoms. The summed E-state index contributed by atoms with van der Waals surface area (Å²) in [6.07, 6.45) is -2.69. The maximum Gasteiger partial charge on any atom is 0.323 e. The van der Waals surface area contributed by atoms with Crippen LogP contribution in [0.1, 0.15) is 33.9 Å². The lowest BCUT2D eigenvalue weighted by Crippen LogP contribution is -2.45. The smallest absolute Gasteiger partial charge is 0.323 e. The third-order valence-electron chi connectivity index (χ3n) is 7.76. The summed E-state index contributed by atoms with van der Waals surface area (Å²) >= 11 is 5.89. The minimum Gasteiger partial charge on any atom is -0.462 e. The molecule has 2 fully saturated rings. The molecule has 0 radical (unpaired) electrons. The Hall–Kier alpha value is -3.46. The molecule has 2 aromatic heterocycles. The Morgan fingerprint density at radius 2 is 1.95 bits per heavy atom. The van der Waals surface area contributed by atoms with E-state index in [1.54, 1.807) is 40.0 Å². The zero-order valence-corrected chi connectivity index (χ0v) is 26.3. The van der Waals surface area contributed by atoms with Gasteiger partial charge in [-0.25, -0.2) is 14.5 Å². The van der Waals surface area contributed by atoms with Gasteiger partial charge in [0.2, 0.25) is 5.95 Å². The highest BCUT2D eigenvalue weighted by molar-refractivity contribution is 8.09. The molecule has 13 nitrogen and oxygen atoms in total. The van der Waals surface area contributed by atoms with Crippen LogP contribution < -0.4 is 20.7 Å². The molecule has 0 amide bonds. The van der Waals surface area contributed by atoms with E-state index in [2.05, 4.69) is 25.4 Å². The number of anilines is 2. The molecular formula is C28H33FN7O6PS. The van der Waals surface area contributed by atoms with Crippen LogP contribution in [0.3, 0.4) is 0 Å². The van der Waals surface area contributed by atoms with Crippen molar-refractivity contribution in [3.8, 4) is 5.75 Å². The summed E-state index contributed by atoms with van der Waals surface area (Å²) in [4.78, 5) is 25.3. The molecule has 234 valence electrons. The number of carbonyl (C=O) groups excluding carboxylic acids is 1. The number of carbonyl (C=O) groups is 1. The summed E-state index contributed by atoms with van der Waals surface area (Å²) in [6.45, 7) is 2.55. The third-order valence-corrected chi connectivity index (χ3v) is 10.2. The standard InChI is InChI=1S/C28H33FN7O6PS/c1-14(2)39-24(37)15(3)35-43(44,41-18-12-8-10-16-9-6-7-11-17(16)18)42-21-20-28(21,38)27(4,29)25(40-20)36-13-32-19-22(31-5)33-26(30)34-23(19)36/h6-15,20-21,25,38H,1-5H3,(H,35,44)(H3,30,31,33,34)/t15-,20-,21?,25-,27+,28+,43?/m1/s1. The minimum absolute atomic E-state index is 0.0466. The van der Waals surface area contributed by atoms with Gasteiger partial charge >= 0.3 is 12.6 Å². The van der Waals surface area contributed by atoms with E-state index in [9.17, 15) is 9.90 Å². The molecule has 1 saturated carbocycles. The Morgan fingerprint density at radius 3 is 2.64 bits per heavy atom. The minimum atomic E-state index is -3.67. The largest absolute Gasteiger partial charge is 0.462 e. The highest BCUT2D eigenvalue weighted by atomic mass is 32.5. The van der Waals surface area contributed by atoms with E-state index in [1.165, 1.54) is 17.8 Å². The summed E-state index contributed by atoms with van der Waals surface area (Å²) in [5.74, 6) is 0.132. The fraction of sp³-hybridized carbons (Fsp3) is 0.429. The maximum atomic E-state index is 16.7. The van der Waals surface area contributed by atoms with Crippen molar-refractivity contribution in [2.75, 3.05) is 18.1 Å². The summed E-state index contributed by atoms with van der Waals surface area (Å²) in [6, 6.07) is 12.0. The van der Waals surface area contributed by atoms with Gasteiger partial charge < -0.3 is 30.2 Å². The number of nitrogens with one attached hydrogen (secondary N) is 2. The van der Waals surface area contributed by atoms with Crippen LogP contribution >= 0.6 is 6.64 Å². The Bertz CT molecular complexity index is 1800. The van der Waals surface area contributed by atoms with Crippen molar-refractivity contribution >= 4 is 58.1 Å². The summed E-state index contributed by atoms with van der Waals surface area (Å²) in [7, 11) is 1.65. The van der Waals surface area contributed by atoms with Gasteiger partial charge in [-0.3, -0.25) is 13.9 Å². The normalized spacial score (nSPS) is 28.0. The molecule has 5 N–H and O–H groups in total. The second-order valence-corrected chi connectivity index (χ2v) is 14.3. The van der Waals surface area contributed by atoms with Crippen molar-refractivity contribution < 1.29 is 32.8 Å². The number of hydrogen-bond donors (Lipinski definition) is 4. The van der Waals surface area contributed by atoms with E-state index in [-0.39, 0.29) is 17.7 Å². The fourth-order valence-electron chi connectivity index (χ4n) is 5.51. The summed E-state index contributed by atoms with van der Waals surface area (Å²) < 4.78 is 42.0. The van der Waals surface area contributed by atoms with Gasteiger partial charge in [-0.1, -0.05) is 36.4 Å². The number of rotatable bonds is 10. The molecule has 44 heavy (non-hydrogen) atoms. The molecule has 2 aliphatic rings. The van der Waals surface area contributed by atoms with Crippen LogP contribution in [-0.4, -0.2) is 73.3 Å². The highest BCUT2D eigenvalue weighted by Gasteiger charge is 2.85. The molecule has 0 bridgehead atoms. The molecule has 4 aromatic rings.